The van der Waals surface area contributed by atoms with E-state index in [9.17, 15) is 9.59 Å². The molecule has 1 aromatic carbocycles. The number of hydrogen-bond acceptors (Lipinski definition) is 2. The number of fused-ring (bicyclic) bond motifs is 1. The van der Waals surface area contributed by atoms with Crippen molar-refractivity contribution in [3.8, 4) is 0 Å². The molecule has 0 aliphatic carbocycles. The summed E-state index contributed by atoms with van der Waals surface area (Å²) in [6.07, 6.45) is 0.219. The molecule has 0 saturated carbocycles. The molecule has 4 nitrogen and oxygen atoms in total. The first-order chi connectivity index (χ1) is 7.65. The molecule has 0 spiro atoms. The second-order valence-corrected chi connectivity index (χ2v) is 3.89. The SMILES string of the molecule is CNC(=O)CC1C(=O)N(C)c2ccccc21. The summed E-state index contributed by atoms with van der Waals surface area (Å²) >= 11 is 0. The summed E-state index contributed by atoms with van der Waals surface area (Å²) in [5.41, 5.74) is 1.85. The normalized spacial score (nSPS) is 18.5. The van der Waals surface area contributed by atoms with Crippen molar-refractivity contribution in [2.45, 2.75) is 12.3 Å². The van der Waals surface area contributed by atoms with Crippen molar-refractivity contribution in [3.05, 3.63) is 29.8 Å². The van der Waals surface area contributed by atoms with Crippen molar-refractivity contribution >= 4 is 17.5 Å². The van der Waals surface area contributed by atoms with E-state index < -0.39 is 0 Å². The van der Waals surface area contributed by atoms with Gasteiger partial charge in [-0.15, -0.1) is 0 Å². The number of likely N-dealkylation sites (N-methyl/N-ethyl adjacent to an activating group) is 1. The van der Waals surface area contributed by atoms with E-state index in [1.54, 1.807) is 19.0 Å². The number of nitrogens with zero attached hydrogens (tertiary/aromatic N) is 1. The third-order valence-electron chi connectivity index (χ3n) is 2.97. The Hall–Kier alpha value is -1.84. The predicted molar refractivity (Wildman–Crippen MR) is 61.3 cm³/mol. The summed E-state index contributed by atoms with van der Waals surface area (Å²) in [6.45, 7) is 0. The molecule has 0 saturated heterocycles. The molecule has 0 radical (unpaired) electrons. The van der Waals surface area contributed by atoms with E-state index in [-0.39, 0.29) is 24.2 Å². The van der Waals surface area contributed by atoms with Gasteiger partial charge in [0.1, 0.15) is 0 Å². The minimum absolute atomic E-state index is 0.00944. The predicted octanol–water partition coefficient (Wildman–Crippen LogP) is 0.883. The monoisotopic (exact) mass is 218 g/mol. The maximum atomic E-state index is 12.0. The van der Waals surface area contributed by atoms with Crippen LogP contribution in [0.3, 0.4) is 0 Å². The minimum Gasteiger partial charge on any atom is -0.359 e. The second-order valence-electron chi connectivity index (χ2n) is 3.89. The van der Waals surface area contributed by atoms with Gasteiger partial charge in [-0.05, 0) is 11.6 Å². The summed E-state index contributed by atoms with van der Waals surface area (Å²) in [5.74, 6) is -0.450. The molecule has 2 amide bonds. The highest BCUT2D eigenvalue weighted by molar-refractivity contribution is 6.06. The minimum atomic E-state index is -0.332. The largest absolute Gasteiger partial charge is 0.359 e. The van der Waals surface area contributed by atoms with E-state index in [1.165, 1.54) is 0 Å². The third kappa shape index (κ3) is 1.56. The van der Waals surface area contributed by atoms with Crippen LogP contribution in [0.2, 0.25) is 0 Å². The highest BCUT2D eigenvalue weighted by Gasteiger charge is 2.35. The number of hydrogen-bond donors (Lipinski definition) is 1. The molecule has 2 rings (SSSR count). The van der Waals surface area contributed by atoms with Crippen LogP contribution in [0.4, 0.5) is 5.69 Å². The van der Waals surface area contributed by atoms with Gasteiger partial charge in [0.15, 0.2) is 0 Å². The van der Waals surface area contributed by atoms with E-state index in [1.807, 2.05) is 24.3 Å². The summed E-state index contributed by atoms with van der Waals surface area (Å²) in [5, 5.41) is 2.55. The standard InChI is InChI=1S/C12H14N2O2/c1-13-11(15)7-9-8-5-3-4-6-10(8)14(2)12(9)16/h3-6,9H,7H2,1-2H3,(H,13,15). The van der Waals surface area contributed by atoms with Crippen LogP contribution in [0, 0.1) is 0 Å². The Morgan fingerprint density at radius 2 is 2.12 bits per heavy atom. The lowest BCUT2D eigenvalue weighted by Crippen LogP contribution is -2.28. The lowest BCUT2D eigenvalue weighted by Gasteiger charge is -2.10. The summed E-state index contributed by atoms with van der Waals surface area (Å²) in [7, 11) is 3.32. The zero-order chi connectivity index (χ0) is 11.7. The fourth-order valence-corrected chi connectivity index (χ4v) is 2.06. The lowest BCUT2D eigenvalue weighted by molar-refractivity contribution is -0.125. The molecule has 1 aliphatic rings. The van der Waals surface area contributed by atoms with Gasteiger partial charge >= 0.3 is 0 Å². The Kier molecular flexibility index (Phi) is 2.64. The molecule has 0 aromatic heterocycles. The average molecular weight is 218 g/mol. The molecular formula is C12H14N2O2. The first-order valence-corrected chi connectivity index (χ1v) is 5.22. The first kappa shape index (κ1) is 10.7. The van der Waals surface area contributed by atoms with Gasteiger partial charge in [0.25, 0.3) is 0 Å². The van der Waals surface area contributed by atoms with Gasteiger partial charge in [0.05, 0.1) is 5.92 Å². The molecular weight excluding hydrogens is 204 g/mol. The molecule has 1 aromatic rings. The van der Waals surface area contributed by atoms with Crippen molar-refractivity contribution in [2.24, 2.45) is 0 Å². The van der Waals surface area contributed by atoms with Crippen molar-refractivity contribution in [1.82, 2.24) is 5.32 Å². The van der Waals surface area contributed by atoms with E-state index in [0.717, 1.165) is 11.3 Å². The topological polar surface area (TPSA) is 49.4 Å². The smallest absolute Gasteiger partial charge is 0.234 e. The van der Waals surface area contributed by atoms with Crippen molar-refractivity contribution in [1.29, 1.82) is 0 Å². The summed E-state index contributed by atoms with van der Waals surface area (Å²) in [6, 6.07) is 7.59. The average Bonchev–Trinajstić information content (AvgIpc) is 2.55. The molecule has 0 bridgehead atoms. The Labute approximate surface area is 94.2 Å². The third-order valence-corrected chi connectivity index (χ3v) is 2.97. The van der Waals surface area contributed by atoms with Crippen LogP contribution in [0.15, 0.2) is 24.3 Å². The van der Waals surface area contributed by atoms with E-state index in [0.29, 0.717) is 0 Å². The second kappa shape index (κ2) is 3.96. The van der Waals surface area contributed by atoms with Gasteiger partial charge < -0.3 is 10.2 Å². The summed E-state index contributed by atoms with van der Waals surface area (Å²) in [4.78, 5) is 24.9. The van der Waals surface area contributed by atoms with Gasteiger partial charge in [-0.2, -0.15) is 0 Å². The number of benzene rings is 1. The molecule has 1 N–H and O–H groups in total. The number of anilines is 1. The van der Waals surface area contributed by atoms with Gasteiger partial charge in [-0.3, -0.25) is 9.59 Å². The molecule has 84 valence electrons. The molecule has 1 aliphatic heterocycles. The molecule has 16 heavy (non-hydrogen) atoms. The number of para-hydroxylation sites is 1. The zero-order valence-electron chi connectivity index (χ0n) is 9.36. The lowest BCUT2D eigenvalue weighted by atomic mass is 9.97. The highest BCUT2D eigenvalue weighted by atomic mass is 16.2. The van der Waals surface area contributed by atoms with Crippen molar-refractivity contribution in [3.63, 3.8) is 0 Å². The Balaban J connectivity index is 2.34. The van der Waals surface area contributed by atoms with Crippen LogP contribution >= 0.6 is 0 Å². The number of carbonyl (C=O) groups excluding carboxylic acids is 2. The first-order valence-electron chi connectivity index (χ1n) is 5.22. The van der Waals surface area contributed by atoms with Gasteiger partial charge in [0, 0.05) is 26.2 Å². The number of amides is 2. The number of rotatable bonds is 2. The van der Waals surface area contributed by atoms with Crippen LogP contribution in [-0.4, -0.2) is 25.9 Å². The Bertz CT molecular complexity index is 442. The van der Waals surface area contributed by atoms with Gasteiger partial charge in [-0.25, -0.2) is 0 Å². The van der Waals surface area contributed by atoms with Crippen molar-refractivity contribution < 1.29 is 9.59 Å². The van der Waals surface area contributed by atoms with Crippen LogP contribution in [-0.2, 0) is 9.59 Å². The van der Waals surface area contributed by atoms with Gasteiger partial charge in [0.2, 0.25) is 11.8 Å². The molecule has 1 heterocycles. The molecule has 0 fully saturated rings. The van der Waals surface area contributed by atoms with E-state index in [4.69, 9.17) is 0 Å². The molecule has 1 unspecified atom stereocenters. The zero-order valence-corrected chi connectivity index (χ0v) is 9.36. The highest BCUT2D eigenvalue weighted by Crippen LogP contribution is 2.37. The van der Waals surface area contributed by atoms with E-state index >= 15 is 0 Å². The Morgan fingerprint density at radius 3 is 2.81 bits per heavy atom. The Morgan fingerprint density at radius 1 is 1.44 bits per heavy atom. The number of carbonyl (C=O) groups is 2. The van der Waals surface area contributed by atoms with Crippen LogP contribution in [0.25, 0.3) is 0 Å². The fourth-order valence-electron chi connectivity index (χ4n) is 2.06. The summed E-state index contributed by atoms with van der Waals surface area (Å²) < 4.78 is 0. The number of nitrogens with one attached hydrogen (secondary N) is 1. The molecule has 1 atom stereocenters. The van der Waals surface area contributed by atoms with E-state index in [2.05, 4.69) is 5.32 Å². The van der Waals surface area contributed by atoms with Crippen LogP contribution in [0.5, 0.6) is 0 Å². The van der Waals surface area contributed by atoms with Crippen molar-refractivity contribution in [2.75, 3.05) is 19.0 Å². The molecule has 4 heteroatoms. The van der Waals surface area contributed by atoms with Crippen LogP contribution < -0.4 is 10.2 Å². The quantitative estimate of drug-likeness (QED) is 0.801. The maximum Gasteiger partial charge on any atom is 0.234 e. The van der Waals surface area contributed by atoms with Crippen LogP contribution in [0.1, 0.15) is 17.9 Å². The maximum absolute atomic E-state index is 12.0. The van der Waals surface area contributed by atoms with Gasteiger partial charge in [-0.1, -0.05) is 18.2 Å². The fraction of sp³-hybridized carbons (Fsp3) is 0.333.